The van der Waals surface area contributed by atoms with Crippen molar-refractivity contribution in [2.75, 3.05) is 71.2 Å². The summed E-state index contributed by atoms with van der Waals surface area (Å²) in [5.41, 5.74) is 1.57. The minimum atomic E-state index is -4.75. The number of carbonyl (C=O) groups is 5. The van der Waals surface area contributed by atoms with Crippen LogP contribution in [0.5, 0.6) is 0 Å². The second-order valence-corrected chi connectivity index (χ2v) is 17.7. The van der Waals surface area contributed by atoms with Crippen LogP contribution in [0.3, 0.4) is 0 Å². The zero-order valence-corrected chi connectivity index (χ0v) is 35.9. The number of sulfonamides is 1. The number of imide groups is 2. The summed E-state index contributed by atoms with van der Waals surface area (Å²) in [4.78, 5) is 76.8. The van der Waals surface area contributed by atoms with Gasteiger partial charge in [0.15, 0.2) is 0 Å². The molecule has 3 aromatic carbocycles. The van der Waals surface area contributed by atoms with E-state index in [0.717, 1.165) is 66.7 Å². The molecule has 0 spiro atoms. The summed E-state index contributed by atoms with van der Waals surface area (Å²) >= 11 is 0. The predicted molar refractivity (Wildman–Crippen MR) is 233 cm³/mol. The lowest BCUT2D eigenvalue weighted by molar-refractivity contribution is -0.138. The molecule has 1 atom stereocenters. The van der Waals surface area contributed by atoms with Gasteiger partial charge in [-0.05, 0) is 73.8 Å². The third-order valence-electron chi connectivity index (χ3n) is 11.4. The van der Waals surface area contributed by atoms with Crippen LogP contribution in [-0.4, -0.2) is 110 Å². The number of hydrogen-bond donors (Lipinski definition) is 4. The summed E-state index contributed by atoms with van der Waals surface area (Å²) in [5, 5.41) is 10.6. The van der Waals surface area contributed by atoms with Crippen LogP contribution >= 0.6 is 0 Å². The Morgan fingerprint density at radius 3 is 2.36 bits per heavy atom. The van der Waals surface area contributed by atoms with E-state index >= 15 is 0 Å². The van der Waals surface area contributed by atoms with E-state index in [1.807, 2.05) is 12.1 Å². The van der Waals surface area contributed by atoms with Crippen molar-refractivity contribution in [1.29, 1.82) is 0 Å². The highest BCUT2D eigenvalue weighted by atomic mass is 32.2. The molecule has 4 N–H and O–H groups in total. The molecule has 0 saturated carbocycles. The average Bonchev–Trinajstić information content (AvgIpc) is 3.51. The smallest absolute Gasteiger partial charge is 0.369 e. The number of piperazine rings is 1. The van der Waals surface area contributed by atoms with E-state index in [0.29, 0.717) is 29.6 Å². The number of benzene rings is 3. The van der Waals surface area contributed by atoms with Crippen molar-refractivity contribution in [3.8, 4) is 0 Å². The third-order valence-corrected chi connectivity index (χ3v) is 12.5. The van der Waals surface area contributed by atoms with Crippen molar-refractivity contribution in [2.24, 2.45) is 0 Å². The van der Waals surface area contributed by atoms with Gasteiger partial charge in [0.1, 0.15) is 17.4 Å². The van der Waals surface area contributed by atoms with Crippen LogP contribution in [0, 0.1) is 0 Å². The van der Waals surface area contributed by atoms with Gasteiger partial charge in [-0.2, -0.15) is 18.2 Å². The average molecular weight is 905 g/mol. The lowest BCUT2D eigenvalue weighted by atomic mass is 10.0. The SMILES string of the molecule is CN(c1ccccc1CNc1nc(Nc2ccc(N3CCN(CCCCCC(=O)Nc4cccc5c4C(=O)N(C4CCC(=O)NC4=O)C5=O)CC3)cc2)ncc1C(F)(F)F)S(C)(=O)=O. The Morgan fingerprint density at radius 1 is 0.922 bits per heavy atom. The number of para-hydroxylation sites is 1. The number of anilines is 6. The zero-order valence-electron chi connectivity index (χ0n) is 35.1. The summed E-state index contributed by atoms with van der Waals surface area (Å²) in [5.74, 6) is -3.32. The first-order valence-corrected chi connectivity index (χ1v) is 22.5. The number of hydrogen-bond acceptors (Lipinski definition) is 13. The molecule has 1 unspecified atom stereocenters. The number of nitrogens with one attached hydrogen (secondary N) is 4. The fourth-order valence-electron chi connectivity index (χ4n) is 7.85. The fourth-order valence-corrected chi connectivity index (χ4v) is 8.39. The van der Waals surface area contributed by atoms with E-state index in [1.54, 1.807) is 48.5 Å². The van der Waals surface area contributed by atoms with Crippen LogP contribution in [0.1, 0.15) is 70.4 Å². The molecule has 3 aliphatic heterocycles. The molecule has 64 heavy (non-hydrogen) atoms. The zero-order chi connectivity index (χ0) is 45.8. The molecule has 7 rings (SSSR count). The summed E-state index contributed by atoms with van der Waals surface area (Å²) in [6.07, 6.45) is -0.466. The highest BCUT2D eigenvalue weighted by Gasteiger charge is 2.46. The lowest BCUT2D eigenvalue weighted by Crippen LogP contribution is -2.54. The molecule has 4 aromatic rings. The largest absolute Gasteiger partial charge is 0.421 e. The Balaban J connectivity index is 0.848. The first kappa shape index (κ1) is 45.4. The normalized spacial score (nSPS) is 17.0. The molecule has 2 fully saturated rings. The Kier molecular flexibility index (Phi) is 13.5. The van der Waals surface area contributed by atoms with Crippen molar-refractivity contribution in [3.05, 3.63) is 95.2 Å². The Labute approximate surface area is 367 Å². The van der Waals surface area contributed by atoms with E-state index in [-0.39, 0.29) is 54.5 Å². The molecule has 338 valence electrons. The van der Waals surface area contributed by atoms with E-state index in [2.05, 4.69) is 41.0 Å². The second kappa shape index (κ2) is 19.0. The number of halogens is 3. The van der Waals surface area contributed by atoms with Gasteiger partial charge in [0.2, 0.25) is 33.7 Å². The van der Waals surface area contributed by atoms with Gasteiger partial charge in [-0.1, -0.05) is 30.7 Å². The van der Waals surface area contributed by atoms with Crippen LogP contribution in [0.2, 0.25) is 0 Å². The summed E-state index contributed by atoms with van der Waals surface area (Å²) in [7, 11) is -2.25. The predicted octanol–water partition coefficient (Wildman–Crippen LogP) is 4.97. The van der Waals surface area contributed by atoms with Crippen molar-refractivity contribution < 1.29 is 45.6 Å². The van der Waals surface area contributed by atoms with E-state index < -0.39 is 57.3 Å². The molecule has 3 aliphatic rings. The summed E-state index contributed by atoms with van der Waals surface area (Å²) in [6, 6.07) is 17.4. The molecule has 2 saturated heterocycles. The number of rotatable bonds is 16. The Hall–Kier alpha value is -6.61. The number of fused-ring (bicyclic) bond motifs is 1. The summed E-state index contributed by atoms with van der Waals surface area (Å²) < 4.78 is 67.2. The number of amides is 5. The molecule has 0 bridgehead atoms. The standard InChI is InChI=1S/C43H47F3N10O7S/c1-53(64(2,62)63)33-12-6-5-9-27(33)25-47-38-31(43(44,45)46)26-48-42(52-38)49-28-14-16-29(17-15-28)55-23-21-54(22-24-55)20-7-3-4-13-35(57)50-32-11-8-10-30-37(32)41(61)56(40(30)60)34-18-19-36(58)51-39(34)59/h5-6,8-12,14-17,26,34H,3-4,7,13,18-25H2,1-2H3,(H,50,57)(H,51,58,59)(H2,47,48,49,52). The summed E-state index contributed by atoms with van der Waals surface area (Å²) in [6.45, 7) is 3.92. The molecule has 21 heteroatoms. The van der Waals surface area contributed by atoms with Gasteiger partial charge in [0.05, 0.1) is 28.8 Å². The first-order chi connectivity index (χ1) is 30.5. The van der Waals surface area contributed by atoms with Crippen LogP contribution in [0.15, 0.2) is 72.9 Å². The fraction of sp³-hybridized carbons (Fsp3) is 0.372. The van der Waals surface area contributed by atoms with Gasteiger partial charge >= 0.3 is 6.18 Å². The van der Waals surface area contributed by atoms with Crippen molar-refractivity contribution in [3.63, 3.8) is 0 Å². The molecular weight excluding hydrogens is 858 g/mol. The van der Waals surface area contributed by atoms with Gasteiger partial charge in [-0.15, -0.1) is 0 Å². The van der Waals surface area contributed by atoms with E-state index in [1.165, 1.54) is 13.1 Å². The monoisotopic (exact) mass is 904 g/mol. The van der Waals surface area contributed by atoms with E-state index in [9.17, 15) is 45.6 Å². The van der Waals surface area contributed by atoms with Gasteiger partial charge in [-0.25, -0.2) is 13.4 Å². The number of alkyl halides is 3. The highest BCUT2D eigenvalue weighted by Crippen LogP contribution is 2.36. The van der Waals surface area contributed by atoms with Crippen LogP contribution in [0.25, 0.3) is 0 Å². The van der Waals surface area contributed by atoms with Crippen LogP contribution in [-0.2, 0) is 37.1 Å². The highest BCUT2D eigenvalue weighted by molar-refractivity contribution is 7.92. The molecule has 4 heterocycles. The first-order valence-electron chi connectivity index (χ1n) is 20.7. The molecule has 17 nitrogen and oxygen atoms in total. The lowest BCUT2D eigenvalue weighted by Gasteiger charge is -2.36. The minimum absolute atomic E-state index is 0.00766. The molecule has 0 aliphatic carbocycles. The van der Waals surface area contributed by atoms with Gasteiger partial charge in [0, 0.05) is 70.2 Å². The van der Waals surface area contributed by atoms with Crippen molar-refractivity contribution in [1.82, 2.24) is 25.1 Å². The maximum Gasteiger partial charge on any atom is 0.421 e. The maximum absolute atomic E-state index is 14.0. The maximum atomic E-state index is 14.0. The minimum Gasteiger partial charge on any atom is -0.369 e. The van der Waals surface area contributed by atoms with Gasteiger partial charge < -0.3 is 20.9 Å². The number of carbonyl (C=O) groups excluding carboxylic acids is 5. The van der Waals surface area contributed by atoms with Crippen molar-refractivity contribution in [2.45, 2.75) is 57.3 Å². The van der Waals surface area contributed by atoms with Crippen LogP contribution in [0.4, 0.5) is 47.7 Å². The van der Waals surface area contributed by atoms with E-state index in [4.69, 9.17) is 0 Å². The number of aromatic nitrogens is 2. The molecule has 0 radical (unpaired) electrons. The van der Waals surface area contributed by atoms with Crippen molar-refractivity contribution >= 4 is 74.1 Å². The molecular formula is C43H47F3N10O7S. The quantitative estimate of drug-likeness (QED) is 0.0867. The van der Waals surface area contributed by atoms with Gasteiger partial charge in [0.25, 0.3) is 11.8 Å². The third kappa shape index (κ3) is 10.4. The second-order valence-electron chi connectivity index (χ2n) is 15.7. The Morgan fingerprint density at radius 2 is 1.66 bits per heavy atom. The van der Waals surface area contributed by atoms with Gasteiger partial charge in [-0.3, -0.25) is 43.4 Å². The number of piperidine rings is 1. The topological polar surface area (TPSA) is 206 Å². The molecule has 1 aromatic heterocycles. The van der Waals surface area contributed by atoms with Crippen LogP contribution < -0.4 is 30.5 Å². The number of nitrogens with zero attached hydrogens (tertiary/aromatic N) is 6. The molecule has 5 amide bonds. The number of unbranched alkanes of at least 4 members (excludes halogenated alkanes) is 2. The Bertz CT molecular complexity index is 2550.